The van der Waals surface area contributed by atoms with E-state index >= 15 is 0 Å². The van der Waals surface area contributed by atoms with E-state index in [2.05, 4.69) is 157 Å². The van der Waals surface area contributed by atoms with Gasteiger partial charge in [-0.1, -0.05) is 115 Å². The molecule has 0 radical (unpaired) electrons. The summed E-state index contributed by atoms with van der Waals surface area (Å²) in [6.45, 7) is 16.2. The molecule has 3 aromatic heterocycles. The molecule has 0 saturated carbocycles. The summed E-state index contributed by atoms with van der Waals surface area (Å²) < 4.78 is 6.92. The molecular formula is C50H29N5. The Balaban J connectivity index is 1.12. The Bertz CT molecular complexity index is 3420. The molecule has 0 spiro atoms. The van der Waals surface area contributed by atoms with Crippen molar-refractivity contribution in [3.63, 3.8) is 0 Å². The van der Waals surface area contributed by atoms with Crippen LogP contribution >= 0.6 is 0 Å². The van der Waals surface area contributed by atoms with E-state index in [0.29, 0.717) is 11.4 Å². The summed E-state index contributed by atoms with van der Waals surface area (Å²) in [7, 11) is 0. The van der Waals surface area contributed by atoms with Crippen molar-refractivity contribution in [2.24, 2.45) is 0 Å². The molecule has 0 atom stereocenters. The van der Waals surface area contributed by atoms with Crippen LogP contribution in [-0.4, -0.2) is 13.7 Å². The van der Waals surface area contributed by atoms with Crippen molar-refractivity contribution in [3.8, 4) is 28.2 Å². The Morgan fingerprint density at radius 1 is 0.345 bits per heavy atom. The highest BCUT2D eigenvalue weighted by atomic mass is 15.1. The molecule has 0 aliphatic carbocycles. The zero-order chi connectivity index (χ0) is 36.6. The molecule has 5 nitrogen and oxygen atoms in total. The van der Waals surface area contributed by atoms with Gasteiger partial charge in [0.25, 0.3) is 0 Å². The van der Waals surface area contributed by atoms with Crippen LogP contribution in [-0.2, 0) is 0 Å². The monoisotopic (exact) mass is 699 g/mol. The van der Waals surface area contributed by atoms with Crippen LogP contribution in [0.4, 0.5) is 11.4 Å². The van der Waals surface area contributed by atoms with E-state index in [1.54, 1.807) is 0 Å². The van der Waals surface area contributed by atoms with Crippen molar-refractivity contribution in [3.05, 3.63) is 199 Å². The summed E-state index contributed by atoms with van der Waals surface area (Å²) in [4.78, 5) is 7.91. The number of hydrogen-bond acceptors (Lipinski definition) is 0. The number of rotatable bonds is 4. The molecule has 11 rings (SSSR count). The van der Waals surface area contributed by atoms with E-state index < -0.39 is 0 Å². The highest BCUT2D eigenvalue weighted by Gasteiger charge is 2.21. The van der Waals surface area contributed by atoms with Crippen LogP contribution in [0.1, 0.15) is 0 Å². The van der Waals surface area contributed by atoms with Crippen molar-refractivity contribution in [2.45, 2.75) is 0 Å². The molecule has 8 aromatic carbocycles. The van der Waals surface area contributed by atoms with Crippen LogP contribution in [0.3, 0.4) is 0 Å². The first kappa shape index (κ1) is 30.7. The molecule has 55 heavy (non-hydrogen) atoms. The van der Waals surface area contributed by atoms with E-state index in [9.17, 15) is 0 Å². The molecule has 0 bridgehead atoms. The predicted octanol–water partition coefficient (Wildman–Crippen LogP) is 13.7. The minimum absolute atomic E-state index is 0.546. The summed E-state index contributed by atoms with van der Waals surface area (Å²) in [5.74, 6) is 0. The average molecular weight is 700 g/mol. The van der Waals surface area contributed by atoms with E-state index in [-0.39, 0.29) is 0 Å². The van der Waals surface area contributed by atoms with Gasteiger partial charge in [0.05, 0.1) is 52.1 Å². The second-order valence-electron chi connectivity index (χ2n) is 13.9. The molecule has 0 unspecified atom stereocenters. The maximum Gasteiger partial charge on any atom is 0.211 e. The van der Waals surface area contributed by atoms with Gasteiger partial charge in [0.1, 0.15) is 0 Å². The number of hydrogen-bond donors (Lipinski definition) is 0. The van der Waals surface area contributed by atoms with Crippen molar-refractivity contribution >= 4 is 76.8 Å². The largest absolute Gasteiger partial charge is 0.320 e. The van der Waals surface area contributed by atoms with Gasteiger partial charge in [-0.2, -0.15) is 0 Å². The van der Waals surface area contributed by atoms with Crippen LogP contribution < -0.4 is 0 Å². The van der Waals surface area contributed by atoms with Crippen LogP contribution in [0.5, 0.6) is 0 Å². The Morgan fingerprint density at radius 3 is 1.55 bits per heavy atom. The maximum absolute atomic E-state index is 8.34. The summed E-state index contributed by atoms with van der Waals surface area (Å²) in [6.07, 6.45) is 0. The van der Waals surface area contributed by atoms with Gasteiger partial charge in [-0.15, -0.1) is 0 Å². The Labute approximate surface area is 316 Å². The van der Waals surface area contributed by atoms with Crippen molar-refractivity contribution < 1.29 is 0 Å². The standard InChI is InChI=1S/C50H29N5/c1-51-40-21-13-26-47-49(40)39-19-6-10-25-45(39)55(47)46-29-28-33(31-41(46)52-2)32-14-11-15-34(30-32)53-42-22-7-5-18-37(42)38-20-12-27-48(50(38)53)54-43-23-8-3-16-35(43)36-17-4-9-24-44(36)54/h3-31H. The predicted molar refractivity (Wildman–Crippen MR) is 227 cm³/mol. The maximum atomic E-state index is 8.34. The minimum Gasteiger partial charge on any atom is -0.320 e. The summed E-state index contributed by atoms with van der Waals surface area (Å²) in [6, 6.07) is 61.3. The number of para-hydroxylation sites is 5. The van der Waals surface area contributed by atoms with Gasteiger partial charge < -0.3 is 13.7 Å². The van der Waals surface area contributed by atoms with Gasteiger partial charge in [-0.3, -0.25) is 0 Å². The van der Waals surface area contributed by atoms with Gasteiger partial charge in [-0.05, 0) is 77.2 Å². The Morgan fingerprint density at radius 2 is 0.855 bits per heavy atom. The Hall–Kier alpha value is -7.86. The lowest BCUT2D eigenvalue weighted by Crippen LogP contribution is -2.00. The minimum atomic E-state index is 0.546. The van der Waals surface area contributed by atoms with Crippen molar-refractivity contribution in [2.75, 3.05) is 0 Å². The molecule has 0 amide bonds. The third kappa shape index (κ3) is 4.39. The van der Waals surface area contributed by atoms with E-state index in [4.69, 9.17) is 13.1 Å². The highest BCUT2D eigenvalue weighted by Crippen LogP contribution is 2.43. The molecule has 0 aliphatic rings. The van der Waals surface area contributed by atoms with Gasteiger partial charge >= 0.3 is 0 Å². The molecule has 5 heteroatoms. The molecule has 0 saturated heterocycles. The SMILES string of the molecule is [C-]#[N+]c1cc(-c2cccc(-n3c4ccccc4c4cccc(-n5c6ccccc6c6ccccc65)c43)c2)ccc1-n1c2ccccc2c2c([N+]#[C-])cccc21. The van der Waals surface area contributed by atoms with Gasteiger partial charge in [0.2, 0.25) is 5.69 Å². The second kappa shape index (κ2) is 11.8. The number of nitrogens with zero attached hydrogens (tertiary/aromatic N) is 5. The molecule has 0 fully saturated rings. The molecular weight excluding hydrogens is 671 g/mol. The first-order valence-corrected chi connectivity index (χ1v) is 18.3. The summed E-state index contributed by atoms with van der Waals surface area (Å²) in [5, 5.41) is 6.75. The third-order valence-electron chi connectivity index (χ3n) is 11.1. The number of fused-ring (bicyclic) bond motifs is 9. The van der Waals surface area contributed by atoms with E-state index in [1.165, 1.54) is 32.6 Å². The molecule has 0 aliphatic heterocycles. The van der Waals surface area contributed by atoms with Crippen molar-refractivity contribution in [1.29, 1.82) is 0 Å². The smallest absolute Gasteiger partial charge is 0.211 e. The zero-order valence-electron chi connectivity index (χ0n) is 29.5. The fourth-order valence-corrected chi connectivity index (χ4v) is 8.79. The first-order chi connectivity index (χ1) is 27.2. The molecule has 0 N–H and O–H groups in total. The molecule has 3 heterocycles. The molecule has 254 valence electrons. The van der Waals surface area contributed by atoms with Crippen LogP contribution in [0.15, 0.2) is 176 Å². The molecule has 11 aromatic rings. The second-order valence-corrected chi connectivity index (χ2v) is 13.9. The lowest BCUT2D eigenvalue weighted by molar-refractivity contribution is 1.13. The van der Waals surface area contributed by atoms with Gasteiger partial charge in [0, 0.05) is 38.1 Å². The number of benzene rings is 8. The summed E-state index contributed by atoms with van der Waals surface area (Å²) >= 11 is 0. The summed E-state index contributed by atoms with van der Waals surface area (Å²) in [5.41, 5.74) is 12.6. The average Bonchev–Trinajstić information content (AvgIpc) is 3.89. The van der Waals surface area contributed by atoms with Gasteiger partial charge in [0.15, 0.2) is 5.69 Å². The zero-order valence-corrected chi connectivity index (χ0v) is 29.5. The third-order valence-corrected chi connectivity index (χ3v) is 11.1. The number of aromatic nitrogens is 3. The lowest BCUT2D eigenvalue weighted by atomic mass is 10.0. The highest BCUT2D eigenvalue weighted by molar-refractivity contribution is 6.16. The van der Waals surface area contributed by atoms with E-state index in [1.807, 2.05) is 42.5 Å². The Kier molecular flexibility index (Phi) is 6.61. The first-order valence-electron chi connectivity index (χ1n) is 18.3. The topological polar surface area (TPSA) is 23.5 Å². The van der Waals surface area contributed by atoms with Crippen molar-refractivity contribution in [1.82, 2.24) is 13.7 Å². The fraction of sp³-hybridized carbons (Fsp3) is 0. The van der Waals surface area contributed by atoms with Crippen LogP contribution in [0, 0.1) is 13.1 Å². The van der Waals surface area contributed by atoms with Crippen LogP contribution in [0.25, 0.3) is 103 Å². The normalized spacial score (nSPS) is 11.6. The fourth-order valence-electron chi connectivity index (χ4n) is 8.79. The van der Waals surface area contributed by atoms with E-state index in [0.717, 1.165) is 61.0 Å². The quantitative estimate of drug-likeness (QED) is 0.163. The lowest BCUT2D eigenvalue weighted by Gasteiger charge is -2.16. The van der Waals surface area contributed by atoms with Gasteiger partial charge in [-0.25, -0.2) is 9.69 Å². The van der Waals surface area contributed by atoms with Crippen LogP contribution in [0.2, 0.25) is 0 Å².